The quantitative estimate of drug-likeness (QED) is 0.784. The van der Waals surface area contributed by atoms with E-state index in [-0.39, 0.29) is 0 Å². The van der Waals surface area contributed by atoms with Crippen LogP contribution in [0.15, 0.2) is 30.5 Å². The van der Waals surface area contributed by atoms with Gasteiger partial charge in [-0.15, -0.1) is 0 Å². The Bertz CT molecular complexity index is 429. The van der Waals surface area contributed by atoms with Gasteiger partial charge in [-0.05, 0) is 30.2 Å². The number of hydrogen-bond donors (Lipinski definition) is 2. The smallest absolute Gasteiger partial charge is 0.0457 e. The second-order valence-electron chi connectivity index (χ2n) is 4.38. The van der Waals surface area contributed by atoms with Crippen molar-refractivity contribution >= 4 is 10.9 Å². The highest BCUT2D eigenvalue weighted by atomic mass is 14.9. The van der Waals surface area contributed by atoms with E-state index >= 15 is 0 Å². The average Bonchev–Trinajstić information content (AvgIpc) is 2.65. The van der Waals surface area contributed by atoms with E-state index in [2.05, 4.69) is 48.4 Å². The van der Waals surface area contributed by atoms with Crippen LogP contribution in [0.2, 0.25) is 0 Å². The van der Waals surface area contributed by atoms with Crippen molar-refractivity contribution in [3.63, 3.8) is 0 Å². The largest absolute Gasteiger partial charge is 0.361 e. The Balaban J connectivity index is 2.10. The molecule has 2 nitrogen and oxygen atoms in total. The van der Waals surface area contributed by atoms with E-state index in [9.17, 15) is 0 Å². The molecular formula is C13H18N2. The van der Waals surface area contributed by atoms with Gasteiger partial charge < -0.3 is 10.3 Å². The Kier molecular flexibility index (Phi) is 3.07. The lowest BCUT2D eigenvalue weighted by molar-refractivity contribution is 0.553. The number of aromatic amines is 1. The van der Waals surface area contributed by atoms with Gasteiger partial charge in [-0.25, -0.2) is 0 Å². The fourth-order valence-corrected chi connectivity index (χ4v) is 1.80. The molecule has 0 spiro atoms. The highest BCUT2D eigenvalue weighted by Gasteiger charge is 2.01. The molecule has 0 fully saturated rings. The van der Waals surface area contributed by atoms with Crippen LogP contribution >= 0.6 is 0 Å². The number of aromatic nitrogens is 1. The van der Waals surface area contributed by atoms with Crippen LogP contribution < -0.4 is 5.32 Å². The molecule has 1 heterocycles. The number of benzene rings is 1. The van der Waals surface area contributed by atoms with E-state index in [1.54, 1.807) is 0 Å². The van der Waals surface area contributed by atoms with Crippen LogP contribution in [0.1, 0.15) is 19.4 Å². The maximum Gasteiger partial charge on any atom is 0.0457 e. The summed E-state index contributed by atoms with van der Waals surface area (Å²) in [6, 6.07) is 8.54. The molecule has 2 aromatic rings. The van der Waals surface area contributed by atoms with E-state index in [1.807, 2.05) is 6.20 Å². The fraction of sp³-hybridized carbons (Fsp3) is 0.385. The van der Waals surface area contributed by atoms with E-state index in [0.29, 0.717) is 5.92 Å². The van der Waals surface area contributed by atoms with E-state index in [0.717, 1.165) is 13.1 Å². The molecule has 1 aromatic heterocycles. The molecule has 80 valence electrons. The molecule has 0 saturated heterocycles. The van der Waals surface area contributed by atoms with Crippen LogP contribution in [0.25, 0.3) is 10.9 Å². The van der Waals surface area contributed by atoms with Crippen LogP contribution in [0.3, 0.4) is 0 Å². The van der Waals surface area contributed by atoms with Crippen LogP contribution in [0.4, 0.5) is 0 Å². The van der Waals surface area contributed by atoms with E-state index < -0.39 is 0 Å². The van der Waals surface area contributed by atoms with E-state index in [1.165, 1.54) is 16.5 Å². The SMILES string of the molecule is CC(C)CNCc1cccc2[nH]ccc12. The summed E-state index contributed by atoms with van der Waals surface area (Å²) >= 11 is 0. The van der Waals surface area contributed by atoms with Gasteiger partial charge in [0.2, 0.25) is 0 Å². The highest BCUT2D eigenvalue weighted by Crippen LogP contribution is 2.16. The molecule has 1 aromatic carbocycles. The molecule has 0 aliphatic heterocycles. The van der Waals surface area contributed by atoms with Crippen LogP contribution in [0, 0.1) is 5.92 Å². The lowest BCUT2D eigenvalue weighted by Gasteiger charge is -2.08. The molecule has 0 aliphatic rings. The van der Waals surface area contributed by atoms with Gasteiger partial charge in [0, 0.05) is 23.6 Å². The molecule has 0 amide bonds. The lowest BCUT2D eigenvalue weighted by atomic mass is 10.1. The van der Waals surface area contributed by atoms with Crippen LogP contribution in [-0.2, 0) is 6.54 Å². The Morgan fingerprint density at radius 2 is 2.13 bits per heavy atom. The summed E-state index contributed by atoms with van der Waals surface area (Å²) in [5.41, 5.74) is 2.59. The molecule has 15 heavy (non-hydrogen) atoms. The summed E-state index contributed by atoms with van der Waals surface area (Å²) < 4.78 is 0. The number of fused-ring (bicyclic) bond motifs is 1. The Hall–Kier alpha value is -1.28. The van der Waals surface area contributed by atoms with Gasteiger partial charge in [-0.3, -0.25) is 0 Å². The lowest BCUT2D eigenvalue weighted by Crippen LogP contribution is -2.18. The molecule has 0 saturated carbocycles. The Morgan fingerprint density at radius 3 is 2.93 bits per heavy atom. The first-order chi connectivity index (χ1) is 7.27. The molecule has 0 unspecified atom stereocenters. The molecule has 0 radical (unpaired) electrons. The van der Waals surface area contributed by atoms with Crippen molar-refractivity contribution in [2.75, 3.05) is 6.54 Å². The molecule has 2 N–H and O–H groups in total. The molecule has 0 atom stereocenters. The minimum atomic E-state index is 0.704. The van der Waals surface area contributed by atoms with Gasteiger partial charge in [0.25, 0.3) is 0 Å². The summed E-state index contributed by atoms with van der Waals surface area (Å²) in [6.45, 7) is 6.47. The number of nitrogens with one attached hydrogen (secondary N) is 2. The van der Waals surface area contributed by atoms with Crippen molar-refractivity contribution in [2.45, 2.75) is 20.4 Å². The number of hydrogen-bond acceptors (Lipinski definition) is 1. The van der Waals surface area contributed by atoms with Crippen molar-refractivity contribution < 1.29 is 0 Å². The van der Waals surface area contributed by atoms with Gasteiger partial charge >= 0.3 is 0 Å². The molecule has 0 aliphatic carbocycles. The number of rotatable bonds is 4. The maximum absolute atomic E-state index is 3.47. The minimum Gasteiger partial charge on any atom is -0.361 e. The summed E-state index contributed by atoms with van der Waals surface area (Å²) in [5, 5.41) is 4.80. The summed E-state index contributed by atoms with van der Waals surface area (Å²) in [5.74, 6) is 0.704. The minimum absolute atomic E-state index is 0.704. The van der Waals surface area contributed by atoms with Crippen molar-refractivity contribution in [1.82, 2.24) is 10.3 Å². The van der Waals surface area contributed by atoms with Crippen molar-refractivity contribution in [3.8, 4) is 0 Å². The van der Waals surface area contributed by atoms with Gasteiger partial charge in [0.1, 0.15) is 0 Å². The first-order valence-electron chi connectivity index (χ1n) is 5.53. The Labute approximate surface area is 90.7 Å². The summed E-state index contributed by atoms with van der Waals surface area (Å²) in [6.07, 6.45) is 2.00. The molecule has 0 bridgehead atoms. The summed E-state index contributed by atoms with van der Waals surface area (Å²) in [4.78, 5) is 3.23. The topological polar surface area (TPSA) is 27.8 Å². The van der Waals surface area contributed by atoms with Crippen LogP contribution in [0.5, 0.6) is 0 Å². The molecular weight excluding hydrogens is 184 g/mol. The van der Waals surface area contributed by atoms with Gasteiger partial charge in [0.15, 0.2) is 0 Å². The Morgan fingerprint density at radius 1 is 1.27 bits per heavy atom. The van der Waals surface area contributed by atoms with Gasteiger partial charge in [-0.1, -0.05) is 26.0 Å². The first-order valence-corrected chi connectivity index (χ1v) is 5.53. The first kappa shape index (κ1) is 10.2. The standard InChI is InChI=1S/C13H18N2/c1-10(2)8-14-9-11-4-3-5-13-12(11)6-7-15-13/h3-7,10,14-15H,8-9H2,1-2H3. The zero-order valence-electron chi connectivity index (χ0n) is 9.38. The predicted octanol–water partition coefficient (Wildman–Crippen LogP) is 2.91. The normalized spacial score (nSPS) is 11.4. The fourth-order valence-electron chi connectivity index (χ4n) is 1.80. The van der Waals surface area contributed by atoms with Crippen molar-refractivity contribution in [1.29, 1.82) is 0 Å². The monoisotopic (exact) mass is 202 g/mol. The van der Waals surface area contributed by atoms with Crippen molar-refractivity contribution in [2.24, 2.45) is 5.92 Å². The predicted molar refractivity (Wildman–Crippen MR) is 64.8 cm³/mol. The second-order valence-corrected chi connectivity index (χ2v) is 4.38. The third-order valence-corrected chi connectivity index (χ3v) is 2.55. The van der Waals surface area contributed by atoms with Crippen LogP contribution in [-0.4, -0.2) is 11.5 Å². The van der Waals surface area contributed by atoms with Gasteiger partial charge in [0.05, 0.1) is 0 Å². The second kappa shape index (κ2) is 4.49. The average molecular weight is 202 g/mol. The molecule has 2 rings (SSSR count). The maximum atomic E-state index is 3.47. The third-order valence-electron chi connectivity index (χ3n) is 2.55. The van der Waals surface area contributed by atoms with Crippen molar-refractivity contribution in [3.05, 3.63) is 36.0 Å². The molecule has 2 heteroatoms. The van der Waals surface area contributed by atoms with E-state index in [4.69, 9.17) is 0 Å². The third kappa shape index (κ3) is 2.39. The van der Waals surface area contributed by atoms with Gasteiger partial charge in [-0.2, -0.15) is 0 Å². The highest BCUT2D eigenvalue weighted by molar-refractivity contribution is 5.82. The number of H-pyrrole nitrogens is 1. The summed E-state index contributed by atoms with van der Waals surface area (Å²) in [7, 11) is 0. The zero-order valence-corrected chi connectivity index (χ0v) is 9.38. The zero-order chi connectivity index (χ0) is 10.7.